The summed E-state index contributed by atoms with van der Waals surface area (Å²) in [5, 5.41) is 3.57. The van der Waals surface area contributed by atoms with Crippen LogP contribution >= 0.6 is 0 Å². The molecule has 96 valence electrons. The number of nitrogens with one attached hydrogen (secondary N) is 1. The molecule has 0 amide bonds. The monoisotopic (exact) mass is 246 g/mol. The molecule has 3 nitrogen and oxygen atoms in total. The van der Waals surface area contributed by atoms with Crippen molar-refractivity contribution in [2.75, 3.05) is 25.1 Å². The molecule has 1 aliphatic rings. The number of hydrogen-bond donors (Lipinski definition) is 1. The second kappa shape index (κ2) is 6.72. The van der Waals surface area contributed by atoms with Gasteiger partial charge in [0.25, 0.3) is 0 Å². The normalized spacial score (nSPS) is 31.2. The highest BCUT2D eigenvalue weighted by molar-refractivity contribution is 7.84. The number of rotatable bonds is 5. The topological polar surface area (TPSA) is 32.3 Å². The summed E-state index contributed by atoms with van der Waals surface area (Å²) >= 11 is 0. The summed E-state index contributed by atoms with van der Waals surface area (Å²) in [5.41, 5.74) is 0. The average molecular weight is 246 g/mol. The first-order chi connectivity index (χ1) is 7.54. The summed E-state index contributed by atoms with van der Waals surface area (Å²) in [4.78, 5) is 2.57. The molecule has 1 saturated heterocycles. The number of nitrogens with zero attached hydrogens (tertiary/aromatic N) is 1. The van der Waals surface area contributed by atoms with Crippen LogP contribution in [0.2, 0.25) is 0 Å². The van der Waals surface area contributed by atoms with Gasteiger partial charge in [0.1, 0.15) is 0 Å². The lowest BCUT2D eigenvalue weighted by atomic mass is 10.0. The van der Waals surface area contributed by atoms with Crippen LogP contribution in [0.15, 0.2) is 0 Å². The molecule has 1 N–H and O–H groups in total. The predicted octanol–water partition coefficient (Wildman–Crippen LogP) is 1.22. The minimum absolute atomic E-state index is 0.551. The Bertz CT molecular complexity index is 235. The average Bonchev–Trinajstić information content (AvgIpc) is 2.26. The van der Waals surface area contributed by atoms with E-state index in [0.29, 0.717) is 18.1 Å². The molecule has 1 fully saturated rings. The fourth-order valence-corrected chi connectivity index (χ4v) is 3.02. The van der Waals surface area contributed by atoms with Gasteiger partial charge in [0.2, 0.25) is 0 Å². The zero-order valence-electron chi connectivity index (χ0n) is 11.0. The fraction of sp³-hybridized carbons (Fsp3) is 1.00. The molecular formula is C12H26N2OS. The molecule has 0 aromatic rings. The van der Waals surface area contributed by atoms with Crippen molar-refractivity contribution in [2.24, 2.45) is 0 Å². The maximum Gasteiger partial charge on any atom is 0.0246 e. The summed E-state index contributed by atoms with van der Waals surface area (Å²) in [5.74, 6) is 0.828. The minimum atomic E-state index is -0.655. The Hall–Kier alpha value is 0.0700. The van der Waals surface area contributed by atoms with Crippen LogP contribution in [-0.4, -0.2) is 52.3 Å². The molecule has 0 aliphatic carbocycles. The van der Waals surface area contributed by atoms with Gasteiger partial charge in [-0.25, -0.2) is 0 Å². The highest BCUT2D eigenvalue weighted by atomic mass is 32.2. The highest BCUT2D eigenvalue weighted by Gasteiger charge is 2.27. The van der Waals surface area contributed by atoms with Gasteiger partial charge in [-0.3, -0.25) is 9.11 Å². The van der Waals surface area contributed by atoms with E-state index in [1.165, 1.54) is 6.42 Å². The smallest absolute Gasteiger partial charge is 0.0246 e. The number of piperazine rings is 1. The lowest BCUT2D eigenvalue weighted by Gasteiger charge is -2.42. The lowest BCUT2D eigenvalue weighted by molar-refractivity contribution is 0.0960. The van der Waals surface area contributed by atoms with Crippen LogP contribution in [0.4, 0.5) is 0 Å². The Morgan fingerprint density at radius 2 is 2.25 bits per heavy atom. The van der Waals surface area contributed by atoms with E-state index in [0.717, 1.165) is 25.3 Å². The van der Waals surface area contributed by atoms with Crippen LogP contribution in [0, 0.1) is 0 Å². The van der Waals surface area contributed by atoms with Gasteiger partial charge in [-0.1, -0.05) is 6.92 Å². The Morgan fingerprint density at radius 3 is 2.81 bits per heavy atom. The molecule has 0 saturated carbocycles. The van der Waals surface area contributed by atoms with Crippen LogP contribution < -0.4 is 5.32 Å². The highest BCUT2D eigenvalue weighted by Crippen LogP contribution is 2.15. The van der Waals surface area contributed by atoms with Gasteiger partial charge in [0, 0.05) is 54.0 Å². The summed E-state index contributed by atoms with van der Waals surface area (Å²) in [6.07, 6.45) is 4.03. The second-order valence-corrected chi connectivity index (χ2v) is 6.53. The molecule has 16 heavy (non-hydrogen) atoms. The van der Waals surface area contributed by atoms with Gasteiger partial charge in [-0.15, -0.1) is 0 Å². The molecule has 1 rings (SSSR count). The van der Waals surface area contributed by atoms with Gasteiger partial charge < -0.3 is 5.32 Å². The SMILES string of the molecule is CCC1CN(C(C)CCS(C)=O)C(C)CN1. The van der Waals surface area contributed by atoms with Gasteiger partial charge >= 0.3 is 0 Å². The van der Waals surface area contributed by atoms with Crippen molar-refractivity contribution in [3.63, 3.8) is 0 Å². The van der Waals surface area contributed by atoms with E-state index in [1.54, 1.807) is 6.26 Å². The van der Waals surface area contributed by atoms with E-state index in [9.17, 15) is 4.21 Å². The fourth-order valence-electron chi connectivity index (χ4n) is 2.34. The second-order valence-electron chi connectivity index (χ2n) is 4.97. The van der Waals surface area contributed by atoms with Crippen molar-refractivity contribution < 1.29 is 4.21 Å². The summed E-state index contributed by atoms with van der Waals surface area (Å²) in [6.45, 7) is 8.99. The van der Waals surface area contributed by atoms with Crippen LogP contribution in [0.1, 0.15) is 33.6 Å². The van der Waals surface area contributed by atoms with Crippen LogP contribution in [0.25, 0.3) is 0 Å². The van der Waals surface area contributed by atoms with E-state index in [4.69, 9.17) is 0 Å². The van der Waals surface area contributed by atoms with Gasteiger partial charge in [0.05, 0.1) is 0 Å². The minimum Gasteiger partial charge on any atom is -0.311 e. The van der Waals surface area contributed by atoms with Crippen molar-refractivity contribution in [3.05, 3.63) is 0 Å². The largest absolute Gasteiger partial charge is 0.311 e. The molecule has 1 aliphatic heterocycles. The van der Waals surface area contributed by atoms with E-state index in [1.807, 2.05) is 0 Å². The Labute approximate surface area is 102 Å². The molecule has 0 aromatic carbocycles. The van der Waals surface area contributed by atoms with E-state index < -0.39 is 10.8 Å². The quantitative estimate of drug-likeness (QED) is 0.791. The Morgan fingerprint density at radius 1 is 1.56 bits per heavy atom. The van der Waals surface area contributed by atoms with Crippen LogP contribution in [0.3, 0.4) is 0 Å². The van der Waals surface area contributed by atoms with Crippen molar-refractivity contribution in [2.45, 2.75) is 51.7 Å². The molecule has 0 aromatic heterocycles. The first kappa shape index (κ1) is 14.1. The standard InChI is InChI=1S/C12H26N2OS/c1-5-12-9-14(11(3)8-13-12)10(2)6-7-16(4)15/h10-13H,5-9H2,1-4H3. The summed E-state index contributed by atoms with van der Waals surface area (Å²) in [7, 11) is -0.655. The van der Waals surface area contributed by atoms with E-state index in [-0.39, 0.29) is 0 Å². The van der Waals surface area contributed by atoms with Crippen molar-refractivity contribution in [3.8, 4) is 0 Å². The first-order valence-corrected chi connectivity index (χ1v) is 8.06. The molecule has 0 radical (unpaired) electrons. The third kappa shape index (κ3) is 4.15. The van der Waals surface area contributed by atoms with Gasteiger partial charge in [-0.2, -0.15) is 0 Å². The zero-order chi connectivity index (χ0) is 12.1. The third-order valence-electron chi connectivity index (χ3n) is 3.58. The number of hydrogen-bond acceptors (Lipinski definition) is 3. The van der Waals surface area contributed by atoms with Gasteiger partial charge in [0.15, 0.2) is 0 Å². The Balaban J connectivity index is 2.45. The molecular weight excluding hydrogens is 220 g/mol. The molecule has 0 bridgehead atoms. The maximum absolute atomic E-state index is 11.1. The zero-order valence-corrected chi connectivity index (χ0v) is 11.8. The molecule has 0 spiro atoms. The summed E-state index contributed by atoms with van der Waals surface area (Å²) < 4.78 is 11.1. The van der Waals surface area contributed by atoms with Gasteiger partial charge in [-0.05, 0) is 26.7 Å². The third-order valence-corrected chi connectivity index (χ3v) is 4.39. The molecule has 4 heteroatoms. The molecule has 4 atom stereocenters. The lowest BCUT2D eigenvalue weighted by Crippen LogP contribution is -2.57. The van der Waals surface area contributed by atoms with Crippen molar-refractivity contribution >= 4 is 10.8 Å². The van der Waals surface area contributed by atoms with Crippen LogP contribution in [-0.2, 0) is 10.8 Å². The molecule has 4 unspecified atom stereocenters. The van der Waals surface area contributed by atoms with Crippen molar-refractivity contribution in [1.82, 2.24) is 10.2 Å². The first-order valence-electron chi connectivity index (χ1n) is 6.33. The van der Waals surface area contributed by atoms with E-state index in [2.05, 4.69) is 31.0 Å². The van der Waals surface area contributed by atoms with E-state index >= 15 is 0 Å². The maximum atomic E-state index is 11.1. The molecule has 1 heterocycles. The predicted molar refractivity (Wildman–Crippen MR) is 71.3 cm³/mol. The van der Waals surface area contributed by atoms with Crippen molar-refractivity contribution in [1.29, 1.82) is 0 Å². The summed E-state index contributed by atoms with van der Waals surface area (Å²) in [6, 6.07) is 1.78. The Kier molecular flexibility index (Phi) is 5.94. The van der Waals surface area contributed by atoms with Crippen LogP contribution in [0.5, 0.6) is 0 Å².